The Morgan fingerprint density at radius 3 is 2.62 bits per heavy atom. The molecule has 5 heteroatoms. The van der Waals surface area contributed by atoms with E-state index in [4.69, 9.17) is 0 Å². The van der Waals surface area contributed by atoms with Crippen LogP contribution in [0, 0.1) is 11.6 Å². The Morgan fingerprint density at radius 2 is 1.86 bits per heavy atom. The second kappa shape index (κ2) is 5.52. The normalized spacial score (nSPS) is 13.1. The molecule has 1 heterocycles. The minimum atomic E-state index is -0.670. The summed E-state index contributed by atoms with van der Waals surface area (Å²) >= 11 is 0. The van der Waals surface area contributed by atoms with Gasteiger partial charge < -0.3 is 10.2 Å². The van der Waals surface area contributed by atoms with Crippen LogP contribution < -0.4 is 10.2 Å². The molecule has 1 aliphatic rings. The number of para-hydroxylation sites is 1. The van der Waals surface area contributed by atoms with Crippen LogP contribution in [0.1, 0.15) is 5.56 Å². The van der Waals surface area contributed by atoms with Gasteiger partial charge in [0.05, 0.1) is 6.54 Å². The quantitative estimate of drug-likeness (QED) is 0.941. The summed E-state index contributed by atoms with van der Waals surface area (Å²) in [6.45, 7) is 0.634. The first-order chi connectivity index (χ1) is 10.1. The number of nitrogens with zero attached hydrogens (tertiary/aromatic N) is 1. The van der Waals surface area contributed by atoms with E-state index in [1.54, 1.807) is 4.90 Å². The predicted octanol–water partition coefficient (Wildman–Crippen LogP) is 2.97. The van der Waals surface area contributed by atoms with Crippen molar-refractivity contribution in [1.82, 2.24) is 0 Å². The lowest BCUT2D eigenvalue weighted by Gasteiger charge is -2.18. The number of anilines is 2. The lowest BCUT2D eigenvalue weighted by molar-refractivity contribution is -0.116. The third-order valence-corrected chi connectivity index (χ3v) is 3.49. The van der Waals surface area contributed by atoms with Crippen LogP contribution in [-0.2, 0) is 11.2 Å². The molecule has 1 aliphatic heterocycles. The maximum Gasteiger partial charge on any atom is 0.246 e. The van der Waals surface area contributed by atoms with Crippen molar-refractivity contribution in [2.75, 3.05) is 23.3 Å². The standard InChI is InChI=1S/C16H14F2N2O/c17-12-7-13(18)9-14(8-12)19-10-16(21)20-6-5-11-3-1-2-4-15(11)20/h1-4,7-9,19H,5-6,10H2. The van der Waals surface area contributed by atoms with Crippen LogP contribution in [0.3, 0.4) is 0 Å². The number of amides is 1. The van der Waals surface area contributed by atoms with E-state index in [1.165, 1.54) is 0 Å². The second-order valence-corrected chi connectivity index (χ2v) is 4.94. The number of hydrogen-bond donors (Lipinski definition) is 1. The van der Waals surface area contributed by atoms with Crippen LogP contribution in [0.15, 0.2) is 42.5 Å². The Kier molecular flexibility index (Phi) is 3.56. The molecule has 0 aliphatic carbocycles. The summed E-state index contributed by atoms with van der Waals surface area (Å²) in [6.07, 6.45) is 0.830. The number of hydrogen-bond acceptors (Lipinski definition) is 2. The van der Waals surface area contributed by atoms with E-state index >= 15 is 0 Å². The lowest BCUT2D eigenvalue weighted by Crippen LogP contribution is -2.34. The minimum Gasteiger partial charge on any atom is -0.376 e. The maximum atomic E-state index is 13.1. The van der Waals surface area contributed by atoms with Gasteiger partial charge >= 0.3 is 0 Å². The maximum absolute atomic E-state index is 13.1. The van der Waals surface area contributed by atoms with Crippen molar-refractivity contribution in [2.24, 2.45) is 0 Å². The summed E-state index contributed by atoms with van der Waals surface area (Å²) in [5.41, 5.74) is 2.31. The van der Waals surface area contributed by atoms with Gasteiger partial charge in [-0.3, -0.25) is 4.79 Å². The second-order valence-electron chi connectivity index (χ2n) is 4.94. The summed E-state index contributed by atoms with van der Waals surface area (Å²) in [5, 5.41) is 2.76. The first-order valence-corrected chi connectivity index (χ1v) is 6.72. The Balaban J connectivity index is 1.68. The smallest absolute Gasteiger partial charge is 0.246 e. The molecule has 0 spiro atoms. The van der Waals surface area contributed by atoms with Gasteiger partial charge in [0.15, 0.2) is 0 Å². The number of carbonyl (C=O) groups is 1. The molecular formula is C16H14F2N2O. The van der Waals surface area contributed by atoms with Gasteiger partial charge in [0.1, 0.15) is 11.6 Å². The molecule has 0 bridgehead atoms. The first kappa shape index (κ1) is 13.5. The Hall–Kier alpha value is -2.43. The average Bonchev–Trinajstić information content (AvgIpc) is 2.88. The van der Waals surface area contributed by atoms with E-state index in [0.29, 0.717) is 6.54 Å². The zero-order valence-electron chi connectivity index (χ0n) is 11.3. The van der Waals surface area contributed by atoms with Gasteiger partial charge in [-0.15, -0.1) is 0 Å². The van der Waals surface area contributed by atoms with Gasteiger partial charge in [-0.1, -0.05) is 18.2 Å². The molecule has 0 saturated carbocycles. The van der Waals surface area contributed by atoms with Gasteiger partial charge in [-0.05, 0) is 30.2 Å². The molecule has 3 rings (SSSR count). The van der Waals surface area contributed by atoms with Crippen molar-refractivity contribution in [2.45, 2.75) is 6.42 Å². The van der Waals surface area contributed by atoms with Crippen LogP contribution in [0.25, 0.3) is 0 Å². The van der Waals surface area contributed by atoms with E-state index in [-0.39, 0.29) is 18.1 Å². The molecule has 1 amide bonds. The fraction of sp³-hybridized carbons (Fsp3) is 0.188. The molecule has 2 aromatic carbocycles. The number of nitrogens with one attached hydrogen (secondary N) is 1. The molecule has 0 fully saturated rings. The molecule has 1 N–H and O–H groups in total. The van der Waals surface area contributed by atoms with Crippen molar-refractivity contribution < 1.29 is 13.6 Å². The number of carbonyl (C=O) groups excluding carboxylic acids is 1. The number of halogens is 2. The van der Waals surface area contributed by atoms with Gasteiger partial charge in [0.25, 0.3) is 0 Å². The van der Waals surface area contributed by atoms with E-state index in [0.717, 1.165) is 35.9 Å². The van der Waals surface area contributed by atoms with E-state index in [9.17, 15) is 13.6 Å². The van der Waals surface area contributed by atoms with Crippen LogP contribution in [0.2, 0.25) is 0 Å². The van der Waals surface area contributed by atoms with Crippen molar-refractivity contribution >= 4 is 17.3 Å². The molecule has 108 valence electrons. The highest BCUT2D eigenvalue weighted by molar-refractivity contribution is 5.97. The summed E-state index contributed by atoms with van der Waals surface area (Å²) in [4.78, 5) is 13.9. The number of fused-ring (bicyclic) bond motifs is 1. The van der Waals surface area contributed by atoms with Crippen molar-refractivity contribution in [1.29, 1.82) is 0 Å². The molecule has 2 aromatic rings. The van der Waals surface area contributed by atoms with Crippen molar-refractivity contribution in [3.63, 3.8) is 0 Å². The van der Waals surface area contributed by atoms with E-state index in [2.05, 4.69) is 5.32 Å². The van der Waals surface area contributed by atoms with E-state index < -0.39 is 11.6 Å². The first-order valence-electron chi connectivity index (χ1n) is 6.72. The van der Waals surface area contributed by atoms with Crippen molar-refractivity contribution in [3.8, 4) is 0 Å². The fourth-order valence-corrected chi connectivity index (χ4v) is 2.53. The Morgan fingerprint density at radius 1 is 1.14 bits per heavy atom. The zero-order valence-corrected chi connectivity index (χ0v) is 11.3. The predicted molar refractivity (Wildman–Crippen MR) is 77.3 cm³/mol. The van der Waals surface area contributed by atoms with Crippen LogP contribution in [0.4, 0.5) is 20.2 Å². The topological polar surface area (TPSA) is 32.3 Å². The number of benzene rings is 2. The van der Waals surface area contributed by atoms with Gasteiger partial charge in [-0.25, -0.2) is 8.78 Å². The fourth-order valence-electron chi connectivity index (χ4n) is 2.53. The van der Waals surface area contributed by atoms with Crippen LogP contribution in [-0.4, -0.2) is 19.0 Å². The highest BCUT2D eigenvalue weighted by Crippen LogP contribution is 2.27. The minimum absolute atomic E-state index is 0.00275. The van der Waals surface area contributed by atoms with Gasteiger partial charge in [0.2, 0.25) is 5.91 Å². The zero-order chi connectivity index (χ0) is 14.8. The largest absolute Gasteiger partial charge is 0.376 e. The SMILES string of the molecule is O=C(CNc1cc(F)cc(F)c1)N1CCc2ccccc21. The monoisotopic (exact) mass is 288 g/mol. The summed E-state index contributed by atoms with van der Waals surface area (Å²) in [6, 6.07) is 10.9. The van der Waals surface area contributed by atoms with E-state index in [1.807, 2.05) is 24.3 Å². The molecule has 21 heavy (non-hydrogen) atoms. The molecule has 0 unspecified atom stereocenters. The molecule has 0 radical (unpaired) electrons. The molecular weight excluding hydrogens is 274 g/mol. The summed E-state index contributed by atoms with van der Waals surface area (Å²) < 4.78 is 26.2. The highest BCUT2D eigenvalue weighted by Gasteiger charge is 2.23. The summed E-state index contributed by atoms with van der Waals surface area (Å²) in [5.74, 6) is -1.46. The third-order valence-electron chi connectivity index (χ3n) is 3.49. The van der Waals surface area contributed by atoms with Crippen LogP contribution in [0.5, 0.6) is 0 Å². The molecule has 0 saturated heterocycles. The average molecular weight is 288 g/mol. The Bertz CT molecular complexity index is 667. The number of rotatable bonds is 3. The Labute approximate surface area is 121 Å². The third kappa shape index (κ3) is 2.86. The molecule has 0 atom stereocenters. The lowest BCUT2D eigenvalue weighted by atomic mass is 10.2. The van der Waals surface area contributed by atoms with Crippen molar-refractivity contribution in [3.05, 3.63) is 59.7 Å². The highest BCUT2D eigenvalue weighted by atomic mass is 19.1. The molecule has 0 aromatic heterocycles. The van der Waals surface area contributed by atoms with Gasteiger partial charge in [0, 0.05) is 24.0 Å². The van der Waals surface area contributed by atoms with Crippen LogP contribution >= 0.6 is 0 Å². The molecule has 3 nitrogen and oxygen atoms in total. The van der Waals surface area contributed by atoms with Gasteiger partial charge in [-0.2, -0.15) is 0 Å². The summed E-state index contributed by atoms with van der Waals surface area (Å²) in [7, 11) is 0.